The SMILES string of the molecule is COc1ccc(C(=O)N2CC3CN(c4ccc5nncn5n4)CC3C2)cc1OC. The first-order chi connectivity index (χ1) is 14.2. The third-order valence-electron chi connectivity index (χ3n) is 5.88. The minimum Gasteiger partial charge on any atom is -0.493 e. The highest BCUT2D eigenvalue weighted by Crippen LogP contribution is 2.35. The maximum Gasteiger partial charge on any atom is 0.254 e. The van der Waals surface area contributed by atoms with Crippen molar-refractivity contribution in [2.24, 2.45) is 11.8 Å². The Bertz CT molecular complexity index is 1050. The molecule has 3 aromatic rings. The number of likely N-dealkylation sites (tertiary alicyclic amines) is 1. The summed E-state index contributed by atoms with van der Waals surface area (Å²) in [5, 5.41) is 12.5. The van der Waals surface area contributed by atoms with Gasteiger partial charge in [0.2, 0.25) is 0 Å². The molecule has 1 aromatic carbocycles. The van der Waals surface area contributed by atoms with Crippen molar-refractivity contribution in [1.82, 2.24) is 24.7 Å². The zero-order valence-electron chi connectivity index (χ0n) is 16.4. The molecule has 0 bridgehead atoms. The van der Waals surface area contributed by atoms with Crippen LogP contribution in [0.2, 0.25) is 0 Å². The van der Waals surface area contributed by atoms with E-state index in [0.717, 1.165) is 37.6 Å². The van der Waals surface area contributed by atoms with Gasteiger partial charge in [0.1, 0.15) is 12.1 Å². The summed E-state index contributed by atoms with van der Waals surface area (Å²) in [5.74, 6) is 3.03. The summed E-state index contributed by atoms with van der Waals surface area (Å²) in [7, 11) is 3.16. The molecule has 2 unspecified atom stereocenters. The second kappa shape index (κ2) is 6.91. The molecule has 4 heterocycles. The molecule has 0 saturated carbocycles. The number of amides is 1. The molecular formula is C20H22N6O3. The highest BCUT2D eigenvalue weighted by Gasteiger charge is 2.42. The van der Waals surface area contributed by atoms with E-state index in [1.165, 1.54) is 0 Å². The normalized spacial score (nSPS) is 20.9. The topological polar surface area (TPSA) is 85.1 Å². The number of carbonyl (C=O) groups is 1. The molecule has 5 rings (SSSR count). The van der Waals surface area contributed by atoms with E-state index in [2.05, 4.69) is 20.2 Å². The van der Waals surface area contributed by atoms with Crippen LogP contribution in [0.25, 0.3) is 5.65 Å². The van der Waals surface area contributed by atoms with Crippen LogP contribution in [0.15, 0.2) is 36.7 Å². The van der Waals surface area contributed by atoms with Crippen molar-refractivity contribution < 1.29 is 14.3 Å². The summed E-state index contributed by atoms with van der Waals surface area (Å²) in [5.41, 5.74) is 1.36. The molecule has 150 valence electrons. The monoisotopic (exact) mass is 394 g/mol. The molecule has 2 atom stereocenters. The van der Waals surface area contributed by atoms with Crippen molar-refractivity contribution in [3.63, 3.8) is 0 Å². The van der Waals surface area contributed by atoms with Crippen LogP contribution in [0, 0.1) is 11.8 Å². The van der Waals surface area contributed by atoms with Crippen LogP contribution in [-0.4, -0.2) is 71.0 Å². The third-order valence-corrected chi connectivity index (χ3v) is 5.88. The Balaban J connectivity index is 1.27. The fourth-order valence-electron chi connectivity index (χ4n) is 4.38. The molecule has 1 amide bonds. The number of rotatable bonds is 4. The molecule has 2 aromatic heterocycles. The molecule has 0 radical (unpaired) electrons. The first-order valence-electron chi connectivity index (χ1n) is 9.59. The smallest absolute Gasteiger partial charge is 0.254 e. The molecule has 2 aliphatic heterocycles. The second-order valence-corrected chi connectivity index (χ2v) is 7.53. The summed E-state index contributed by atoms with van der Waals surface area (Å²) in [4.78, 5) is 17.2. The van der Waals surface area contributed by atoms with Crippen LogP contribution in [0.3, 0.4) is 0 Å². The number of anilines is 1. The molecule has 9 nitrogen and oxygen atoms in total. The van der Waals surface area contributed by atoms with Crippen LogP contribution < -0.4 is 14.4 Å². The van der Waals surface area contributed by atoms with Crippen LogP contribution in [0.1, 0.15) is 10.4 Å². The predicted molar refractivity (Wildman–Crippen MR) is 105 cm³/mol. The molecule has 0 spiro atoms. The fraction of sp³-hybridized carbons (Fsp3) is 0.400. The van der Waals surface area contributed by atoms with Gasteiger partial charge in [0.25, 0.3) is 5.91 Å². The van der Waals surface area contributed by atoms with Crippen LogP contribution in [0.5, 0.6) is 11.5 Å². The van der Waals surface area contributed by atoms with E-state index in [0.29, 0.717) is 28.9 Å². The molecule has 29 heavy (non-hydrogen) atoms. The van der Waals surface area contributed by atoms with Crippen molar-refractivity contribution in [2.75, 3.05) is 45.3 Å². The Hall–Kier alpha value is -3.36. The van der Waals surface area contributed by atoms with Crippen molar-refractivity contribution in [1.29, 1.82) is 0 Å². The van der Waals surface area contributed by atoms with Crippen molar-refractivity contribution in [3.8, 4) is 11.5 Å². The van der Waals surface area contributed by atoms with Gasteiger partial charge in [-0.1, -0.05) is 0 Å². The maximum atomic E-state index is 13.0. The van der Waals surface area contributed by atoms with Crippen molar-refractivity contribution >= 4 is 17.4 Å². The number of nitrogens with zero attached hydrogens (tertiary/aromatic N) is 6. The minimum atomic E-state index is 0.0379. The second-order valence-electron chi connectivity index (χ2n) is 7.53. The van der Waals surface area contributed by atoms with Crippen LogP contribution in [0.4, 0.5) is 5.82 Å². The third kappa shape index (κ3) is 3.02. The van der Waals surface area contributed by atoms with Gasteiger partial charge >= 0.3 is 0 Å². The van der Waals surface area contributed by atoms with Gasteiger partial charge in [-0.3, -0.25) is 4.79 Å². The molecular weight excluding hydrogens is 372 g/mol. The van der Waals surface area contributed by atoms with Crippen LogP contribution in [-0.2, 0) is 0 Å². The van der Waals surface area contributed by atoms with Gasteiger partial charge in [-0.2, -0.15) is 4.52 Å². The lowest BCUT2D eigenvalue weighted by Gasteiger charge is -2.22. The average molecular weight is 394 g/mol. The van der Waals surface area contributed by atoms with E-state index in [9.17, 15) is 4.79 Å². The van der Waals surface area contributed by atoms with Gasteiger partial charge in [-0.15, -0.1) is 15.3 Å². The number of hydrogen-bond acceptors (Lipinski definition) is 7. The molecule has 2 aliphatic rings. The first kappa shape index (κ1) is 17.7. The Labute approximate surface area is 167 Å². The first-order valence-corrected chi connectivity index (χ1v) is 9.59. The summed E-state index contributed by atoms with van der Waals surface area (Å²) in [6.07, 6.45) is 1.61. The molecule has 0 aliphatic carbocycles. The van der Waals surface area contributed by atoms with Crippen molar-refractivity contribution in [2.45, 2.75) is 0 Å². The Morgan fingerprint density at radius 2 is 1.76 bits per heavy atom. The van der Waals surface area contributed by atoms with E-state index in [-0.39, 0.29) is 5.91 Å². The molecule has 2 fully saturated rings. The van der Waals surface area contributed by atoms with Gasteiger partial charge in [-0.05, 0) is 30.3 Å². The predicted octanol–water partition coefficient (Wildman–Crippen LogP) is 1.35. The number of fused-ring (bicyclic) bond motifs is 2. The summed E-state index contributed by atoms with van der Waals surface area (Å²) < 4.78 is 12.3. The van der Waals surface area contributed by atoms with Crippen LogP contribution >= 0.6 is 0 Å². The number of carbonyl (C=O) groups excluding carboxylic acids is 1. The van der Waals surface area contributed by atoms with E-state index >= 15 is 0 Å². The molecule has 9 heteroatoms. The number of hydrogen-bond donors (Lipinski definition) is 0. The Morgan fingerprint density at radius 1 is 1.00 bits per heavy atom. The van der Waals surface area contributed by atoms with Gasteiger partial charge in [-0.25, -0.2) is 0 Å². The van der Waals surface area contributed by atoms with E-state index in [1.807, 2.05) is 17.0 Å². The van der Waals surface area contributed by atoms with E-state index < -0.39 is 0 Å². The average Bonchev–Trinajstić information content (AvgIpc) is 3.46. The summed E-state index contributed by atoms with van der Waals surface area (Å²) in [6, 6.07) is 9.23. The highest BCUT2D eigenvalue weighted by molar-refractivity contribution is 5.95. The molecule has 2 saturated heterocycles. The summed E-state index contributed by atoms with van der Waals surface area (Å²) >= 11 is 0. The zero-order chi connectivity index (χ0) is 20.0. The number of benzene rings is 1. The number of ether oxygens (including phenoxy) is 2. The van der Waals surface area contributed by atoms with E-state index in [1.54, 1.807) is 43.3 Å². The largest absolute Gasteiger partial charge is 0.493 e. The quantitative estimate of drug-likeness (QED) is 0.660. The number of aromatic nitrogens is 4. The zero-order valence-corrected chi connectivity index (χ0v) is 16.4. The lowest BCUT2D eigenvalue weighted by atomic mass is 10.0. The minimum absolute atomic E-state index is 0.0379. The van der Waals surface area contributed by atoms with Gasteiger partial charge in [0.05, 0.1) is 14.2 Å². The number of methoxy groups -OCH3 is 2. The Morgan fingerprint density at radius 3 is 2.48 bits per heavy atom. The summed E-state index contributed by atoms with van der Waals surface area (Å²) in [6.45, 7) is 3.29. The lowest BCUT2D eigenvalue weighted by Crippen LogP contribution is -2.33. The standard InChI is InChI=1S/C20H22N6O3/c1-28-16-4-3-13(7-17(16)29-2)20(27)25-10-14-8-24(9-15(14)11-25)19-6-5-18-22-21-12-26(18)23-19/h3-7,12,14-15H,8-11H2,1-2H3. The fourth-order valence-corrected chi connectivity index (χ4v) is 4.38. The maximum absolute atomic E-state index is 13.0. The molecule has 0 N–H and O–H groups in total. The van der Waals surface area contributed by atoms with Gasteiger partial charge in [0, 0.05) is 43.6 Å². The van der Waals surface area contributed by atoms with Gasteiger partial charge < -0.3 is 19.3 Å². The lowest BCUT2D eigenvalue weighted by molar-refractivity contribution is 0.0782. The van der Waals surface area contributed by atoms with Gasteiger partial charge in [0.15, 0.2) is 17.1 Å². The Kier molecular flexibility index (Phi) is 4.22. The van der Waals surface area contributed by atoms with Crippen molar-refractivity contribution in [3.05, 3.63) is 42.2 Å². The van der Waals surface area contributed by atoms with E-state index in [4.69, 9.17) is 9.47 Å². The highest BCUT2D eigenvalue weighted by atomic mass is 16.5.